The second-order valence-electron chi connectivity index (χ2n) is 29.5. The minimum Gasteiger partial charge on any atom is -0.311 e. The standard InChI is InChI=1S/C100H72B2N4S2/c1-100(2,3)76-51-41-75(42-52-76)84-35-19-22-38-89(84)106-91-66-95-88(65-87(91)102-86-37-21-24-40-94(86)107-96-63-83(62-93(106)99(96)102)104(80-57-47-73(48-58-80)69-29-13-6-14-30-69)81-59-49-74(50-60-81)70-31-15-7-16-32-70)101-85-36-20-23-39-90(85)105(77-33-17-8-18-34-77)92-61-82(64-97(108-95)98(92)101)103(78-53-43-71(44-54-78)67-25-9-4-10-26-67)79-55-45-72(46-56-79)68-27-11-5-12-28-68/h4-66H,1-3H3. The quantitative estimate of drug-likeness (QED) is 0.106. The highest BCUT2D eigenvalue weighted by Crippen LogP contribution is 2.52. The third-order valence-electron chi connectivity index (χ3n) is 22.1. The molecule has 8 heteroatoms. The van der Waals surface area contributed by atoms with Crippen molar-refractivity contribution >= 4 is 138 Å². The summed E-state index contributed by atoms with van der Waals surface area (Å²) in [6.07, 6.45) is 0. The van der Waals surface area contributed by atoms with Gasteiger partial charge in [-0.25, -0.2) is 0 Å². The SMILES string of the molecule is CC(C)(C)c1ccc(-c2ccccc2N2c3cc4c(cc3B3c5ccccc5Sc5cc(N(c6ccc(-c7ccccc7)cc6)c6ccc(-c7ccccc7)cc6)cc2c53)B2c3ccccc3N(c3ccccc3)c3cc(N(c5ccc(-c6ccccc6)cc5)c5ccc(-c6ccccc6)cc5)cc(c32)S4)cc1. The van der Waals surface area contributed by atoms with Crippen molar-refractivity contribution in [1.82, 2.24) is 0 Å². The molecule has 0 N–H and O–H groups in total. The van der Waals surface area contributed by atoms with Crippen molar-refractivity contribution in [1.29, 1.82) is 0 Å². The molecule has 0 aliphatic carbocycles. The third-order valence-corrected chi connectivity index (χ3v) is 24.4. The van der Waals surface area contributed by atoms with Crippen molar-refractivity contribution in [2.75, 3.05) is 19.6 Å². The fourth-order valence-electron chi connectivity index (χ4n) is 16.9. The summed E-state index contributed by atoms with van der Waals surface area (Å²) in [5.74, 6) is 0. The average Bonchev–Trinajstić information content (AvgIpc) is 0.691. The largest absolute Gasteiger partial charge is 0.311 e. The zero-order valence-electron chi connectivity index (χ0n) is 60.1. The van der Waals surface area contributed by atoms with Crippen molar-refractivity contribution in [2.45, 2.75) is 45.8 Å². The third kappa shape index (κ3) is 11.4. The van der Waals surface area contributed by atoms with Crippen LogP contribution in [-0.4, -0.2) is 13.4 Å². The maximum Gasteiger partial charge on any atom is 0.249 e. The Morgan fingerprint density at radius 2 is 0.611 bits per heavy atom. The number of fused-ring (bicyclic) bond motifs is 8. The van der Waals surface area contributed by atoms with Gasteiger partial charge in [-0.2, -0.15) is 0 Å². The summed E-state index contributed by atoms with van der Waals surface area (Å²) in [6, 6.07) is 143. The van der Waals surface area contributed by atoms with Crippen LogP contribution in [-0.2, 0) is 5.41 Å². The second-order valence-corrected chi connectivity index (χ2v) is 31.7. The van der Waals surface area contributed by atoms with Gasteiger partial charge in [0.2, 0.25) is 13.4 Å². The second kappa shape index (κ2) is 26.9. The van der Waals surface area contributed by atoms with E-state index in [1.807, 2.05) is 23.5 Å². The van der Waals surface area contributed by atoms with Crippen molar-refractivity contribution in [2.24, 2.45) is 0 Å². The van der Waals surface area contributed by atoms with Crippen LogP contribution in [0, 0.1) is 0 Å². The first-order valence-electron chi connectivity index (χ1n) is 37.3. The van der Waals surface area contributed by atoms with Gasteiger partial charge in [0.15, 0.2) is 0 Å². The lowest BCUT2D eigenvalue weighted by atomic mass is 9.31. The van der Waals surface area contributed by atoms with Crippen molar-refractivity contribution in [3.63, 3.8) is 0 Å². The molecule has 108 heavy (non-hydrogen) atoms. The van der Waals surface area contributed by atoms with E-state index in [4.69, 9.17) is 0 Å². The zero-order valence-corrected chi connectivity index (χ0v) is 61.8. The van der Waals surface area contributed by atoms with Gasteiger partial charge in [-0.15, -0.1) is 0 Å². The van der Waals surface area contributed by atoms with Crippen LogP contribution < -0.4 is 52.4 Å². The summed E-state index contributed by atoms with van der Waals surface area (Å²) >= 11 is 3.82. The Balaban J connectivity index is 0.825. The molecule has 0 fully saturated rings. The van der Waals surface area contributed by atoms with Crippen LogP contribution in [0.25, 0.3) is 55.6 Å². The molecule has 0 unspecified atom stereocenters. The van der Waals surface area contributed by atoms with Crippen molar-refractivity contribution < 1.29 is 0 Å². The number of hydrogen-bond acceptors (Lipinski definition) is 6. The first-order valence-corrected chi connectivity index (χ1v) is 39.0. The number of rotatable bonds is 13. The van der Waals surface area contributed by atoms with Crippen LogP contribution in [0.15, 0.2) is 402 Å². The number of benzene rings is 16. The summed E-state index contributed by atoms with van der Waals surface area (Å²) in [7, 11) is 0. The molecule has 0 bridgehead atoms. The molecule has 16 aromatic carbocycles. The summed E-state index contributed by atoms with van der Waals surface area (Å²) in [6.45, 7) is 6.69. The molecule has 4 aliphatic rings. The van der Waals surface area contributed by atoms with Gasteiger partial charge >= 0.3 is 0 Å². The van der Waals surface area contributed by atoms with Gasteiger partial charge in [0.25, 0.3) is 0 Å². The van der Waals surface area contributed by atoms with E-state index in [2.05, 4.69) is 423 Å². The molecule has 0 spiro atoms. The predicted octanol–water partition coefficient (Wildman–Crippen LogP) is 23.8. The number of hydrogen-bond donors (Lipinski definition) is 0. The van der Waals surface area contributed by atoms with Crippen LogP contribution in [0.4, 0.5) is 68.2 Å². The van der Waals surface area contributed by atoms with Crippen LogP contribution in [0.1, 0.15) is 26.3 Å². The van der Waals surface area contributed by atoms with Crippen LogP contribution in [0.3, 0.4) is 0 Å². The summed E-state index contributed by atoms with van der Waals surface area (Å²) in [5, 5.41) is 0. The highest BCUT2D eigenvalue weighted by Gasteiger charge is 2.47. The first kappa shape index (κ1) is 65.1. The molecule has 0 aromatic heterocycles. The molecule has 0 atom stereocenters. The minimum absolute atomic E-state index is 0.0158. The van der Waals surface area contributed by atoms with Gasteiger partial charge in [0, 0.05) is 87.7 Å². The number of nitrogens with zero attached hydrogens (tertiary/aromatic N) is 4. The predicted molar refractivity (Wildman–Crippen MR) is 461 cm³/mol. The van der Waals surface area contributed by atoms with E-state index in [9.17, 15) is 0 Å². The van der Waals surface area contributed by atoms with E-state index in [-0.39, 0.29) is 18.8 Å². The Kier molecular flexibility index (Phi) is 16.2. The van der Waals surface area contributed by atoms with Gasteiger partial charge in [-0.05, 0) is 192 Å². The van der Waals surface area contributed by atoms with E-state index in [1.54, 1.807) is 0 Å². The van der Waals surface area contributed by atoms with Crippen LogP contribution >= 0.6 is 23.5 Å². The Hall–Kier alpha value is -12.5. The summed E-state index contributed by atoms with van der Waals surface area (Å²) in [4.78, 5) is 15.1. The average molecular weight is 1420 g/mol. The lowest BCUT2D eigenvalue weighted by Crippen LogP contribution is -2.64. The number of para-hydroxylation sites is 3. The van der Waals surface area contributed by atoms with Gasteiger partial charge in [0.05, 0.1) is 5.69 Å². The van der Waals surface area contributed by atoms with E-state index in [0.717, 1.165) is 56.7 Å². The fourth-order valence-corrected chi connectivity index (χ4v) is 19.3. The Labute approximate surface area is 642 Å². The normalized spacial score (nSPS) is 12.8. The van der Waals surface area contributed by atoms with Crippen molar-refractivity contribution in [3.05, 3.63) is 388 Å². The van der Waals surface area contributed by atoms with Gasteiger partial charge in [0.1, 0.15) is 0 Å². The summed E-state index contributed by atoms with van der Waals surface area (Å²) in [5.41, 5.74) is 34.2. The molecule has 16 aromatic rings. The molecule has 0 radical (unpaired) electrons. The van der Waals surface area contributed by atoms with Crippen molar-refractivity contribution in [3.8, 4) is 55.6 Å². The minimum atomic E-state index is -0.112. The molecule has 0 amide bonds. The molecule has 4 aliphatic heterocycles. The van der Waals surface area contributed by atoms with Gasteiger partial charge in [-0.3, -0.25) is 0 Å². The fraction of sp³-hybridized carbons (Fsp3) is 0.0400. The topological polar surface area (TPSA) is 13.0 Å². The molecule has 0 saturated carbocycles. The molecule has 4 nitrogen and oxygen atoms in total. The number of anilines is 12. The van der Waals surface area contributed by atoms with E-state index in [1.165, 1.54) is 125 Å². The van der Waals surface area contributed by atoms with Gasteiger partial charge < -0.3 is 19.6 Å². The molecular weight excluding hydrogens is 1340 g/mol. The van der Waals surface area contributed by atoms with E-state index >= 15 is 0 Å². The van der Waals surface area contributed by atoms with E-state index in [0.29, 0.717) is 0 Å². The maximum atomic E-state index is 2.66. The van der Waals surface area contributed by atoms with Crippen LogP contribution in [0.2, 0.25) is 0 Å². The highest BCUT2D eigenvalue weighted by atomic mass is 32.2. The molecule has 4 heterocycles. The van der Waals surface area contributed by atoms with E-state index < -0.39 is 0 Å². The first-order chi connectivity index (χ1) is 53.2. The smallest absolute Gasteiger partial charge is 0.249 e. The molecular formula is C100H72B2N4S2. The zero-order chi connectivity index (χ0) is 72.0. The van der Waals surface area contributed by atoms with Crippen LogP contribution in [0.5, 0.6) is 0 Å². The Morgan fingerprint density at radius 1 is 0.241 bits per heavy atom. The summed E-state index contributed by atoms with van der Waals surface area (Å²) < 4.78 is 0. The molecule has 510 valence electrons. The Morgan fingerprint density at radius 3 is 1.08 bits per heavy atom. The van der Waals surface area contributed by atoms with Gasteiger partial charge in [-0.1, -0.05) is 328 Å². The Bertz CT molecular complexity index is 5910. The molecule has 0 saturated heterocycles. The highest BCUT2D eigenvalue weighted by molar-refractivity contribution is 8.00. The lowest BCUT2D eigenvalue weighted by molar-refractivity contribution is 0.590. The monoisotopic (exact) mass is 1410 g/mol. The maximum absolute atomic E-state index is 2.66. The molecule has 20 rings (SSSR count). The lowest BCUT2D eigenvalue weighted by Gasteiger charge is -2.44.